The topological polar surface area (TPSA) is 79.9 Å². The number of aromatic amines is 1. The van der Waals surface area contributed by atoms with Crippen molar-refractivity contribution in [2.24, 2.45) is 0 Å². The van der Waals surface area contributed by atoms with Gasteiger partial charge in [-0.25, -0.2) is 14.8 Å². The van der Waals surface area contributed by atoms with Crippen LogP contribution in [0, 0.1) is 0 Å². The Kier molecular flexibility index (Phi) is 5.01. The fourth-order valence-corrected chi connectivity index (χ4v) is 2.65. The number of rotatable bonds is 5. The maximum atomic E-state index is 11.2. The second-order valence-electron chi connectivity index (χ2n) is 7.01. The molecule has 124 valence electrons. The largest absolute Gasteiger partial charge is 0.413 e. The Morgan fingerprint density at radius 2 is 1.91 bits per heavy atom. The van der Waals surface area contributed by atoms with E-state index >= 15 is 0 Å². The summed E-state index contributed by atoms with van der Waals surface area (Å²) in [5.41, 5.74) is 0.649. The van der Waals surface area contributed by atoms with Crippen molar-refractivity contribution in [1.29, 1.82) is 0 Å². The van der Waals surface area contributed by atoms with E-state index in [4.69, 9.17) is 4.43 Å². The minimum Gasteiger partial charge on any atom is -0.413 e. The molecule has 0 spiro atoms. The summed E-state index contributed by atoms with van der Waals surface area (Å²) < 4.78 is 6.22. The summed E-state index contributed by atoms with van der Waals surface area (Å²) in [6.07, 6.45) is 3.18. The average molecular weight is 332 g/mol. The predicted molar refractivity (Wildman–Crippen MR) is 94.4 cm³/mol. The van der Waals surface area contributed by atoms with Crippen LogP contribution in [0.3, 0.4) is 0 Å². The molecule has 0 aliphatic rings. The summed E-state index contributed by atoms with van der Waals surface area (Å²) in [5, 5.41) is 3.24. The van der Waals surface area contributed by atoms with Gasteiger partial charge in [0.2, 0.25) is 0 Å². The fourth-order valence-electron chi connectivity index (χ4n) is 1.69. The number of pyridine rings is 1. The van der Waals surface area contributed by atoms with Crippen molar-refractivity contribution < 1.29 is 4.43 Å². The van der Waals surface area contributed by atoms with Crippen LogP contribution in [0.1, 0.15) is 26.3 Å². The van der Waals surface area contributed by atoms with Crippen LogP contribution in [0.15, 0.2) is 35.4 Å². The minimum absolute atomic E-state index is 0.178. The Bertz CT molecular complexity index is 722. The lowest BCUT2D eigenvalue weighted by Crippen LogP contribution is -2.40. The Hall–Kier alpha value is -1.99. The van der Waals surface area contributed by atoms with Gasteiger partial charge in [0, 0.05) is 12.4 Å². The van der Waals surface area contributed by atoms with Gasteiger partial charge in [0.1, 0.15) is 11.6 Å². The molecule has 0 saturated carbocycles. The smallest absolute Gasteiger partial charge is 0.346 e. The summed E-state index contributed by atoms with van der Waals surface area (Å²) in [6, 6.07) is 5.54. The molecule has 0 bridgehead atoms. The zero-order valence-electron chi connectivity index (χ0n) is 14.3. The molecule has 2 N–H and O–H groups in total. The monoisotopic (exact) mass is 332 g/mol. The molecule has 2 heterocycles. The maximum absolute atomic E-state index is 11.2. The van der Waals surface area contributed by atoms with Crippen molar-refractivity contribution in [3.05, 3.63) is 46.6 Å². The van der Waals surface area contributed by atoms with Crippen molar-refractivity contribution in [3.63, 3.8) is 0 Å². The zero-order chi connectivity index (χ0) is 17.1. The van der Waals surface area contributed by atoms with E-state index in [2.05, 4.69) is 54.1 Å². The average Bonchev–Trinajstić information content (AvgIpc) is 2.44. The molecule has 2 aromatic rings. The van der Waals surface area contributed by atoms with E-state index in [1.54, 1.807) is 12.3 Å². The highest BCUT2D eigenvalue weighted by Crippen LogP contribution is 2.37. The van der Waals surface area contributed by atoms with Gasteiger partial charge in [-0.05, 0) is 41.9 Å². The number of nitrogens with zero attached hydrogens (tertiary/aromatic N) is 2. The predicted octanol–water partition coefficient (Wildman–Crippen LogP) is 3.43. The van der Waals surface area contributed by atoms with Crippen molar-refractivity contribution in [2.75, 3.05) is 5.32 Å². The summed E-state index contributed by atoms with van der Waals surface area (Å²) in [5.74, 6) is 1.21. The third-order valence-corrected chi connectivity index (χ3v) is 8.65. The molecule has 0 radical (unpaired) electrons. The van der Waals surface area contributed by atoms with Crippen LogP contribution < -0.4 is 11.0 Å². The highest BCUT2D eigenvalue weighted by molar-refractivity contribution is 6.74. The lowest BCUT2D eigenvalue weighted by Gasteiger charge is -2.36. The molecule has 0 aliphatic carbocycles. The van der Waals surface area contributed by atoms with Crippen LogP contribution >= 0.6 is 0 Å². The van der Waals surface area contributed by atoms with E-state index in [1.165, 1.54) is 6.20 Å². The first-order valence-corrected chi connectivity index (χ1v) is 10.5. The van der Waals surface area contributed by atoms with E-state index in [0.29, 0.717) is 18.2 Å². The number of hydrogen-bond acceptors (Lipinski definition) is 5. The van der Waals surface area contributed by atoms with E-state index < -0.39 is 14.0 Å². The second kappa shape index (κ2) is 6.63. The molecule has 7 heteroatoms. The number of anilines is 2. The summed E-state index contributed by atoms with van der Waals surface area (Å²) in [7, 11) is -1.78. The van der Waals surface area contributed by atoms with Gasteiger partial charge in [-0.3, -0.25) is 4.98 Å². The molecule has 0 aromatic carbocycles. The first-order chi connectivity index (χ1) is 10.7. The first-order valence-electron chi connectivity index (χ1n) is 7.59. The molecule has 23 heavy (non-hydrogen) atoms. The molecule has 0 aliphatic heterocycles. The Morgan fingerprint density at radius 3 is 2.57 bits per heavy atom. The molecule has 0 unspecified atom stereocenters. The SMILES string of the molecule is CC(C)(C)[Si](C)(C)OCc1ccnc(Nc2ccnc(=O)[nH]2)c1. The maximum Gasteiger partial charge on any atom is 0.346 e. The standard InChI is InChI=1S/C16H24N4O2Si/c1-16(2,3)23(4,5)22-11-12-6-8-17-14(10-12)19-13-7-9-18-15(21)20-13/h6-10H,11H2,1-5H3,(H2,17,18,19,20,21). The molecule has 0 fully saturated rings. The number of nitrogens with one attached hydrogen (secondary N) is 2. The molecular formula is C16H24N4O2Si. The quantitative estimate of drug-likeness (QED) is 0.820. The normalized spacial score (nSPS) is 12.2. The van der Waals surface area contributed by atoms with Crippen molar-refractivity contribution >= 4 is 20.0 Å². The van der Waals surface area contributed by atoms with Gasteiger partial charge in [0.25, 0.3) is 0 Å². The number of hydrogen-bond donors (Lipinski definition) is 2. The van der Waals surface area contributed by atoms with E-state index in [0.717, 1.165) is 5.56 Å². The summed E-state index contributed by atoms with van der Waals surface area (Å²) >= 11 is 0. The van der Waals surface area contributed by atoms with Crippen molar-refractivity contribution in [2.45, 2.75) is 45.5 Å². The van der Waals surface area contributed by atoms with Crippen LogP contribution in [0.4, 0.5) is 11.6 Å². The Morgan fingerprint density at radius 1 is 1.22 bits per heavy atom. The first kappa shape index (κ1) is 17.4. The van der Waals surface area contributed by atoms with Gasteiger partial charge < -0.3 is 9.74 Å². The highest BCUT2D eigenvalue weighted by Gasteiger charge is 2.36. The van der Waals surface area contributed by atoms with Gasteiger partial charge in [0.15, 0.2) is 8.32 Å². The number of H-pyrrole nitrogens is 1. The van der Waals surface area contributed by atoms with Crippen LogP contribution in [0.5, 0.6) is 0 Å². The van der Waals surface area contributed by atoms with E-state index in [-0.39, 0.29) is 5.04 Å². The lowest BCUT2D eigenvalue weighted by atomic mass is 10.2. The van der Waals surface area contributed by atoms with Crippen molar-refractivity contribution in [1.82, 2.24) is 15.0 Å². The molecule has 2 rings (SSSR count). The van der Waals surface area contributed by atoms with Gasteiger partial charge >= 0.3 is 5.69 Å². The van der Waals surface area contributed by atoms with Gasteiger partial charge in [0.05, 0.1) is 6.61 Å². The molecule has 2 aromatic heterocycles. The van der Waals surface area contributed by atoms with Gasteiger partial charge in [-0.2, -0.15) is 0 Å². The summed E-state index contributed by atoms with van der Waals surface area (Å²) in [4.78, 5) is 21.7. The minimum atomic E-state index is -1.78. The van der Waals surface area contributed by atoms with Gasteiger partial charge in [-0.15, -0.1) is 0 Å². The molecular weight excluding hydrogens is 308 g/mol. The highest BCUT2D eigenvalue weighted by atomic mass is 28.4. The van der Waals surface area contributed by atoms with Crippen molar-refractivity contribution in [3.8, 4) is 0 Å². The van der Waals surface area contributed by atoms with Gasteiger partial charge in [-0.1, -0.05) is 20.8 Å². The molecule has 0 atom stereocenters. The number of aromatic nitrogens is 3. The fraction of sp³-hybridized carbons (Fsp3) is 0.438. The van der Waals surface area contributed by atoms with Crippen LogP contribution in [-0.2, 0) is 11.0 Å². The third-order valence-electron chi connectivity index (χ3n) is 4.17. The third kappa shape index (κ3) is 4.74. The van der Waals surface area contributed by atoms with Crippen LogP contribution in [-0.4, -0.2) is 23.3 Å². The lowest BCUT2D eigenvalue weighted by molar-refractivity contribution is 0.276. The Labute approximate surface area is 137 Å². The Balaban J connectivity index is 2.07. The molecule has 0 amide bonds. The molecule has 6 nitrogen and oxygen atoms in total. The second-order valence-corrected chi connectivity index (χ2v) is 11.8. The zero-order valence-corrected chi connectivity index (χ0v) is 15.3. The summed E-state index contributed by atoms with van der Waals surface area (Å²) in [6.45, 7) is 11.7. The molecule has 0 saturated heterocycles. The van der Waals surface area contributed by atoms with Crippen LogP contribution in [0.2, 0.25) is 18.1 Å². The van der Waals surface area contributed by atoms with Crippen LogP contribution in [0.25, 0.3) is 0 Å². The van der Waals surface area contributed by atoms with E-state index in [1.807, 2.05) is 12.1 Å². The van der Waals surface area contributed by atoms with E-state index in [9.17, 15) is 4.79 Å².